The number of nitrogens with one attached hydrogen (secondary N) is 2. The second-order valence-electron chi connectivity index (χ2n) is 10.4. The summed E-state index contributed by atoms with van der Waals surface area (Å²) in [5, 5.41) is 0. The van der Waals surface area contributed by atoms with Gasteiger partial charge in [0.1, 0.15) is 0 Å². The Balaban J connectivity index is 2.97. The van der Waals surface area contributed by atoms with Crippen LogP contribution in [0.25, 0.3) is 0 Å². The molecule has 0 saturated heterocycles. The molecule has 5 heteroatoms. The number of aryl methyl sites for hydroxylation is 2. The SMILES string of the molecule is Cc1c[c]([Ti]([c]2cc(C(C)(C)C)[nH]c2C(C)(C)C)([N](C)C)[N](C)C)c(C)[nH]1. The molecule has 0 aromatic carbocycles. The van der Waals surface area contributed by atoms with Crippen LogP contribution in [0.3, 0.4) is 0 Å². The van der Waals surface area contributed by atoms with Crippen LogP contribution in [-0.4, -0.2) is 44.9 Å². The van der Waals surface area contributed by atoms with Gasteiger partial charge in [0.15, 0.2) is 0 Å². The minimum absolute atomic E-state index is 0.0562. The van der Waals surface area contributed by atoms with Crippen LogP contribution in [0.15, 0.2) is 12.1 Å². The van der Waals surface area contributed by atoms with Gasteiger partial charge in [-0.25, -0.2) is 0 Å². The molecule has 2 N–H and O–H groups in total. The summed E-state index contributed by atoms with van der Waals surface area (Å²) >= 11 is -3.02. The normalized spacial score (nSPS) is 13.9. The predicted octanol–water partition coefficient (Wildman–Crippen LogP) is 3.61. The number of rotatable bonds is 4. The number of aromatic nitrogens is 2. The Morgan fingerprint density at radius 3 is 1.59 bits per heavy atom. The number of nitrogens with zero attached hydrogens (tertiary/aromatic N) is 2. The van der Waals surface area contributed by atoms with E-state index in [2.05, 4.69) is 112 Å². The zero-order valence-corrected chi connectivity index (χ0v) is 21.1. The molecule has 27 heavy (non-hydrogen) atoms. The van der Waals surface area contributed by atoms with Gasteiger partial charge >= 0.3 is 171 Å². The number of aromatic amines is 2. The number of H-pyrrole nitrogens is 2. The van der Waals surface area contributed by atoms with Gasteiger partial charge in [0.25, 0.3) is 0 Å². The van der Waals surface area contributed by atoms with Crippen molar-refractivity contribution in [2.24, 2.45) is 0 Å². The maximum absolute atomic E-state index is 3.86. The number of hydrogen-bond donors (Lipinski definition) is 2. The summed E-state index contributed by atoms with van der Waals surface area (Å²) in [4.78, 5) is 7.43. The van der Waals surface area contributed by atoms with Gasteiger partial charge in [-0.15, -0.1) is 0 Å². The van der Waals surface area contributed by atoms with Crippen LogP contribution in [-0.2, 0) is 27.9 Å². The summed E-state index contributed by atoms with van der Waals surface area (Å²) in [6.45, 7) is 18.2. The van der Waals surface area contributed by atoms with Crippen molar-refractivity contribution in [1.29, 1.82) is 0 Å². The van der Waals surface area contributed by atoms with Gasteiger partial charge in [-0.1, -0.05) is 0 Å². The van der Waals surface area contributed by atoms with Crippen molar-refractivity contribution in [2.45, 2.75) is 66.2 Å². The molecule has 2 aromatic rings. The van der Waals surface area contributed by atoms with E-state index in [9.17, 15) is 0 Å². The molecule has 0 aliphatic heterocycles. The standard InChI is InChI=1S/C12H20N.C6H8N.2C2H6N.Ti/c1-11(2,3)9-7-8-10(13-9)12(4,5)6;1-5-3-4-6(2)7-5;2*1-3-2;/h7,13H,1-6H3;3,7H,1-2H3;2*1-2H3;/q;;2*-1;+2. The Kier molecular flexibility index (Phi) is 6.01. The van der Waals surface area contributed by atoms with Crippen LogP contribution in [0.2, 0.25) is 0 Å². The van der Waals surface area contributed by atoms with Gasteiger partial charge in [-0.3, -0.25) is 0 Å². The molecule has 0 atom stereocenters. The van der Waals surface area contributed by atoms with Crippen LogP contribution in [0.1, 0.15) is 64.3 Å². The molecule has 0 fully saturated rings. The molecular formula is C22H40N4Ti. The first kappa shape index (κ1) is 22.5. The molecule has 2 rings (SSSR count). The Morgan fingerprint density at radius 1 is 0.741 bits per heavy atom. The first-order chi connectivity index (χ1) is 12.1. The van der Waals surface area contributed by atoms with E-state index in [1.165, 1.54) is 30.5 Å². The predicted molar refractivity (Wildman–Crippen MR) is 115 cm³/mol. The Morgan fingerprint density at radius 2 is 1.26 bits per heavy atom. The van der Waals surface area contributed by atoms with Crippen molar-refractivity contribution in [2.75, 3.05) is 28.2 Å². The molecule has 0 radical (unpaired) electrons. The third kappa shape index (κ3) is 3.87. The fraction of sp³-hybridized carbons (Fsp3) is 0.636. The fourth-order valence-electron chi connectivity index (χ4n) is 4.32. The Hall–Kier alpha value is -0.806. The minimum atomic E-state index is -3.02. The fourth-order valence-corrected chi connectivity index (χ4v) is 12.4. The van der Waals surface area contributed by atoms with E-state index in [4.69, 9.17) is 0 Å². The van der Waals surface area contributed by atoms with Crippen molar-refractivity contribution >= 4 is 7.74 Å². The molecule has 152 valence electrons. The third-order valence-corrected chi connectivity index (χ3v) is 13.4. The zero-order chi connectivity index (χ0) is 20.9. The monoisotopic (exact) mass is 408 g/mol. The van der Waals surface area contributed by atoms with Crippen LogP contribution < -0.4 is 7.74 Å². The summed E-state index contributed by atoms with van der Waals surface area (Å²) in [6.07, 6.45) is 0. The van der Waals surface area contributed by atoms with Crippen molar-refractivity contribution in [3.63, 3.8) is 0 Å². The molecule has 0 unspecified atom stereocenters. The Labute approximate surface area is 170 Å². The van der Waals surface area contributed by atoms with E-state index in [-0.39, 0.29) is 10.8 Å². The summed E-state index contributed by atoms with van der Waals surface area (Å²) in [7, 11) is 9.05. The third-order valence-electron chi connectivity index (χ3n) is 5.57. The first-order valence-corrected chi connectivity index (χ1v) is 12.8. The van der Waals surface area contributed by atoms with Gasteiger partial charge in [-0.05, 0) is 0 Å². The molecule has 0 aliphatic carbocycles. The van der Waals surface area contributed by atoms with E-state index in [1.807, 2.05) is 0 Å². The van der Waals surface area contributed by atoms with Crippen molar-refractivity contribution in [3.8, 4) is 0 Å². The van der Waals surface area contributed by atoms with Gasteiger partial charge in [0.05, 0.1) is 0 Å². The van der Waals surface area contributed by atoms with Gasteiger partial charge in [0, 0.05) is 0 Å². The van der Waals surface area contributed by atoms with E-state index in [0.29, 0.717) is 0 Å². The van der Waals surface area contributed by atoms with Gasteiger partial charge in [0.2, 0.25) is 0 Å². The van der Waals surface area contributed by atoms with Crippen LogP contribution in [0, 0.1) is 13.8 Å². The summed E-state index contributed by atoms with van der Waals surface area (Å²) < 4.78 is 8.07. The molecule has 0 saturated carbocycles. The summed E-state index contributed by atoms with van der Waals surface area (Å²) in [5.74, 6) is 0. The van der Waals surface area contributed by atoms with Crippen molar-refractivity contribution in [3.05, 3.63) is 34.9 Å². The first-order valence-electron chi connectivity index (χ1n) is 9.89. The van der Waals surface area contributed by atoms with Crippen LogP contribution >= 0.6 is 0 Å². The quantitative estimate of drug-likeness (QED) is 0.759. The molecule has 4 nitrogen and oxygen atoms in total. The maximum atomic E-state index is 3.86. The summed E-state index contributed by atoms with van der Waals surface area (Å²) in [6, 6.07) is 4.86. The average Bonchev–Trinajstić information content (AvgIpc) is 3.03. The van der Waals surface area contributed by atoms with E-state index in [0.717, 1.165) is 0 Å². The topological polar surface area (TPSA) is 38.1 Å². The van der Waals surface area contributed by atoms with Crippen molar-refractivity contribution in [1.82, 2.24) is 16.7 Å². The van der Waals surface area contributed by atoms with E-state index in [1.54, 1.807) is 0 Å². The van der Waals surface area contributed by atoms with Gasteiger partial charge < -0.3 is 0 Å². The second kappa shape index (κ2) is 7.22. The second-order valence-corrected chi connectivity index (χ2v) is 17.0. The van der Waals surface area contributed by atoms with Crippen molar-refractivity contribution < 1.29 is 17.1 Å². The molecule has 2 heterocycles. The molecule has 0 bridgehead atoms. The van der Waals surface area contributed by atoms with Crippen LogP contribution in [0.4, 0.5) is 0 Å². The Bertz CT molecular complexity index is 789. The van der Waals surface area contributed by atoms with Gasteiger partial charge in [-0.2, -0.15) is 0 Å². The average molecular weight is 408 g/mol. The van der Waals surface area contributed by atoms with Crippen LogP contribution in [0.5, 0.6) is 0 Å². The zero-order valence-electron chi connectivity index (χ0n) is 19.5. The molecule has 0 spiro atoms. The molecule has 0 aliphatic rings. The number of hydrogen-bond acceptors (Lipinski definition) is 2. The summed E-state index contributed by atoms with van der Waals surface area (Å²) in [5.41, 5.74) is 5.40. The molecular weight excluding hydrogens is 368 g/mol. The molecule has 0 amide bonds. The van der Waals surface area contributed by atoms with E-state index >= 15 is 0 Å². The van der Waals surface area contributed by atoms with E-state index < -0.39 is 17.1 Å². The molecule has 2 aromatic heterocycles.